The smallest absolute Gasteiger partial charge is 0.193 e. The van der Waals surface area contributed by atoms with Crippen LogP contribution in [-0.4, -0.2) is 67.3 Å². The van der Waals surface area contributed by atoms with E-state index >= 15 is 0 Å². The van der Waals surface area contributed by atoms with E-state index in [1.807, 2.05) is 44.3 Å². The number of hydrogen-bond donors (Lipinski definition) is 1. The summed E-state index contributed by atoms with van der Waals surface area (Å²) in [5, 5.41) is 8.06. The SMILES string of the molecule is CN=C(NCCOc1ccccc1Cl)N1CCN(Cc2cc(C)on2)CC1. The van der Waals surface area contributed by atoms with Crippen LogP contribution in [-0.2, 0) is 6.54 Å². The van der Waals surface area contributed by atoms with Crippen molar-refractivity contribution in [3.8, 4) is 5.75 Å². The molecule has 0 aliphatic carbocycles. The number of halogens is 1. The third-order valence-corrected chi connectivity index (χ3v) is 4.74. The largest absolute Gasteiger partial charge is 0.490 e. The highest BCUT2D eigenvalue weighted by molar-refractivity contribution is 6.32. The first kappa shape index (κ1) is 19.5. The Morgan fingerprint density at radius 1 is 1.30 bits per heavy atom. The summed E-state index contributed by atoms with van der Waals surface area (Å²) in [6.45, 7) is 7.68. The van der Waals surface area contributed by atoms with Gasteiger partial charge in [-0.05, 0) is 19.1 Å². The molecule has 3 rings (SSSR count). The van der Waals surface area contributed by atoms with E-state index in [9.17, 15) is 0 Å². The Hall–Kier alpha value is -2.25. The molecule has 27 heavy (non-hydrogen) atoms. The van der Waals surface area contributed by atoms with Crippen molar-refractivity contribution in [2.75, 3.05) is 46.4 Å². The maximum Gasteiger partial charge on any atom is 0.193 e. The molecule has 0 radical (unpaired) electrons. The number of guanidine groups is 1. The van der Waals surface area contributed by atoms with Crippen LogP contribution in [0.25, 0.3) is 0 Å². The van der Waals surface area contributed by atoms with Gasteiger partial charge in [0, 0.05) is 45.8 Å². The summed E-state index contributed by atoms with van der Waals surface area (Å²) in [6.07, 6.45) is 0. The molecule has 0 spiro atoms. The number of aryl methyl sites for hydroxylation is 1. The predicted molar refractivity (Wildman–Crippen MR) is 106 cm³/mol. The average Bonchev–Trinajstić information content (AvgIpc) is 3.09. The fraction of sp³-hybridized carbons (Fsp3) is 0.474. The molecule has 7 nitrogen and oxygen atoms in total. The van der Waals surface area contributed by atoms with Crippen LogP contribution in [0.5, 0.6) is 5.75 Å². The van der Waals surface area contributed by atoms with E-state index in [0.29, 0.717) is 23.9 Å². The molecule has 1 aromatic heterocycles. The lowest BCUT2D eigenvalue weighted by molar-refractivity contribution is 0.168. The molecular weight excluding hydrogens is 366 g/mol. The fourth-order valence-corrected chi connectivity index (χ4v) is 3.25. The second-order valence-corrected chi connectivity index (χ2v) is 6.85. The lowest BCUT2D eigenvalue weighted by Gasteiger charge is -2.36. The van der Waals surface area contributed by atoms with Gasteiger partial charge in [-0.15, -0.1) is 0 Å². The highest BCUT2D eigenvalue weighted by Crippen LogP contribution is 2.22. The summed E-state index contributed by atoms with van der Waals surface area (Å²) >= 11 is 6.10. The molecule has 146 valence electrons. The Bertz CT molecular complexity index is 756. The third kappa shape index (κ3) is 5.61. The minimum absolute atomic E-state index is 0.522. The molecule has 0 amide bonds. The summed E-state index contributed by atoms with van der Waals surface area (Å²) in [6, 6.07) is 9.48. The number of benzene rings is 1. The Kier molecular flexibility index (Phi) is 6.95. The lowest BCUT2D eigenvalue weighted by atomic mass is 10.3. The van der Waals surface area contributed by atoms with E-state index in [0.717, 1.165) is 50.1 Å². The van der Waals surface area contributed by atoms with Gasteiger partial charge >= 0.3 is 0 Å². The quantitative estimate of drug-likeness (QED) is 0.463. The molecule has 0 bridgehead atoms. The molecule has 0 saturated carbocycles. The summed E-state index contributed by atoms with van der Waals surface area (Å²) in [5.74, 6) is 2.45. The second-order valence-electron chi connectivity index (χ2n) is 6.44. The van der Waals surface area contributed by atoms with Crippen molar-refractivity contribution in [1.82, 2.24) is 20.3 Å². The van der Waals surface area contributed by atoms with Crippen molar-refractivity contribution >= 4 is 17.6 Å². The van der Waals surface area contributed by atoms with Crippen LogP contribution in [0.3, 0.4) is 0 Å². The van der Waals surface area contributed by atoms with Crippen LogP contribution < -0.4 is 10.1 Å². The molecule has 1 saturated heterocycles. The molecule has 1 aliphatic heterocycles. The molecule has 1 fully saturated rings. The van der Waals surface area contributed by atoms with E-state index in [1.54, 1.807) is 0 Å². The van der Waals surface area contributed by atoms with Crippen molar-refractivity contribution in [3.05, 3.63) is 46.8 Å². The first-order valence-electron chi connectivity index (χ1n) is 9.13. The molecule has 1 N–H and O–H groups in total. The zero-order chi connectivity index (χ0) is 19.1. The zero-order valence-electron chi connectivity index (χ0n) is 15.8. The summed E-state index contributed by atoms with van der Waals surface area (Å²) < 4.78 is 10.9. The molecule has 0 atom stereocenters. The van der Waals surface area contributed by atoms with Gasteiger partial charge in [0.25, 0.3) is 0 Å². The van der Waals surface area contributed by atoms with Gasteiger partial charge in [-0.25, -0.2) is 0 Å². The molecule has 1 aliphatic rings. The van der Waals surface area contributed by atoms with Gasteiger partial charge < -0.3 is 19.5 Å². The topological polar surface area (TPSA) is 66.1 Å². The van der Waals surface area contributed by atoms with Crippen LogP contribution in [0.2, 0.25) is 5.02 Å². The average molecular weight is 392 g/mol. The Balaban J connectivity index is 1.39. The number of aromatic nitrogens is 1. The highest BCUT2D eigenvalue weighted by atomic mass is 35.5. The third-order valence-electron chi connectivity index (χ3n) is 4.43. The minimum atomic E-state index is 0.522. The van der Waals surface area contributed by atoms with E-state index in [4.69, 9.17) is 20.9 Å². The summed E-state index contributed by atoms with van der Waals surface area (Å²) in [7, 11) is 1.81. The van der Waals surface area contributed by atoms with Gasteiger partial charge in [0.05, 0.1) is 17.3 Å². The molecule has 2 heterocycles. The van der Waals surface area contributed by atoms with Gasteiger partial charge in [-0.3, -0.25) is 9.89 Å². The van der Waals surface area contributed by atoms with E-state index < -0.39 is 0 Å². The number of hydrogen-bond acceptors (Lipinski definition) is 5. The monoisotopic (exact) mass is 391 g/mol. The normalized spacial score (nSPS) is 15.8. The van der Waals surface area contributed by atoms with Crippen molar-refractivity contribution in [1.29, 1.82) is 0 Å². The van der Waals surface area contributed by atoms with Gasteiger partial charge in [0.2, 0.25) is 0 Å². The van der Waals surface area contributed by atoms with Crippen LogP contribution in [0.15, 0.2) is 39.8 Å². The zero-order valence-corrected chi connectivity index (χ0v) is 16.6. The number of ether oxygens (including phenoxy) is 1. The lowest BCUT2D eigenvalue weighted by Crippen LogP contribution is -2.52. The number of aliphatic imine (C=N–C) groups is 1. The van der Waals surface area contributed by atoms with Gasteiger partial charge in [-0.1, -0.05) is 28.9 Å². The number of nitrogens with one attached hydrogen (secondary N) is 1. The van der Waals surface area contributed by atoms with E-state index in [2.05, 4.69) is 25.3 Å². The Labute approximate surface area is 164 Å². The second kappa shape index (κ2) is 9.62. The summed E-state index contributed by atoms with van der Waals surface area (Å²) in [4.78, 5) is 9.03. The highest BCUT2D eigenvalue weighted by Gasteiger charge is 2.20. The van der Waals surface area contributed by atoms with Crippen LogP contribution in [0, 0.1) is 6.92 Å². The van der Waals surface area contributed by atoms with Crippen molar-refractivity contribution in [2.45, 2.75) is 13.5 Å². The minimum Gasteiger partial charge on any atom is -0.490 e. The van der Waals surface area contributed by atoms with Crippen molar-refractivity contribution in [2.24, 2.45) is 4.99 Å². The molecule has 8 heteroatoms. The van der Waals surface area contributed by atoms with Crippen LogP contribution in [0.1, 0.15) is 11.5 Å². The maximum atomic E-state index is 6.10. The summed E-state index contributed by atoms with van der Waals surface area (Å²) in [5.41, 5.74) is 0.986. The number of piperazine rings is 1. The van der Waals surface area contributed by atoms with Crippen molar-refractivity contribution in [3.63, 3.8) is 0 Å². The number of rotatable bonds is 6. The van der Waals surface area contributed by atoms with Gasteiger partial charge in [0.1, 0.15) is 18.1 Å². The number of nitrogens with zero attached hydrogens (tertiary/aromatic N) is 4. The molecule has 2 aromatic rings. The van der Waals surface area contributed by atoms with Crippen LogP contribution >= 0.6 is 11.6 Å². The fourth-order valence-electron chi connectivity index (χ4n) is 3.06. The Morgan fingerprint density at radius 2 is 2.07 bits per heavy atom. The molecular formula is C19H26ClN5O2. The molecule has 1 aromatic carbocycles. The number of para-hydroxylation sites is 1. The molecule has 0 unspecified atom stereocenters. The van der Waals surface area contributed by atoms with Crippen molar-refractivity contribution < 1.29 is 9.26 Å². The first-order chi connectivity index (χ1) is 13.2. The van der Waals surface area contributed by atoms with E-state index in [1.165, 1.54) is 0 Å². The van der Waals surface area contributed by atoms with Crippen LogP contribution in [0.4, 0.5) is 0 Å². The van der Waals surface area contributed by atoms with Gasteiger partial charge in [-0.2, -0.15) is 0 Å². The Morgan fingerprint density at radius 3 is 2.74 bits per heavy atom. The maximum absolute atomic E-state index is 6.10. The standard InChI is InChI=1S/C19H26ClN5O2/c1-15-13-16(23-27-15)14-24-8-10-25(11-9-24)19(21-2)22-7-12-26-18-6-4-3-5-17(18)20/h3-6,13H,7-12,14H2,1-2H3,(H,21,22). The van der Waals surface area contributed by atoms with E-state index in [-0.39, 0.29) is 0 Å². The predicted octanol–water partition coefficient (Wildman–Crippen LogP) is 2.41. The van der Waals surface area contributed by atoms with Gasteiger partial charge in [0.15, 0.2) is 5.96 Å². The first-order valence-corrected chi connectivity index (χ1v) is 9.51.